The van der Waals surface area contributed by atoms with Gasteiger partial charge >= 0.3 is 0 Å². The van der Waals surface area contributed by atoms with Gasteiger partial charge in [-0.05, 0) is 24.7 Å². The van der Waals surface area contributed by atoms with Crippen LogP contribution >= 0.6 is 0 Å². The average molecular weight is 201 g/mol. The van der Waals surface area contributed by atoms with Crippen LogP contribution in [0.1, 0.15) is 47.0 Å². The van der Waals surface area contributed by atoms with Crippen LogP contribution in [0.2, 0.25) is 18.1 Å². The zero-order chi connectivity index (χ0) is 10.2. The Kier molecular flexibility index (Phi) is 7.67. The van der Waals surface area contributed by atoms with Crippen LogP contribution in [0, 0.1) is 0 Å². The van der Waals surface area contributed by atoms with Gasteiger partial charge < -0.3 is 4.98 Å². The van der Waals surface area contributed by atoms with Gasteiger partial charge in [-0.25, -0.2) is 0 Å². The molecule has 1 unspecified atom stereocenters. The average Bonchev–Trinajstić information content (AvgIpc) is 2.15. The Balaban J connectivity index is 4.07. The van der Waals surface area contributed by atoms with E-state index in [0.717, 1.165) is 0 Å². The second-order valence-electron chi connectivity index (χ2n) is 4.02. The van der Waals surface area contributed by atoms with Gasteiger partial charge in [-0.3, -0.25) is 0 Å². The minimum Gasteiger partial charge on any atom is -0.337 e. The summed E-state index contributed by atoms with van der Waals surface area (Å²) in [5.41, 5.74) is 0. The predicted molar refractivity (Wildman–Crippen MR) is 64.7 cm³/mol. The van der Waals surface area contributed by atoms with Crippen molar-refractivity contribution in [2.24, 2.45) is 0 Å². The van der Waals surface area contributed by atoms with E-state index in [9.17, 15) is 0 Å². The molecule has 0 saturated heterocycles. The van der Waals surface area contributed by atoms with Crippen molar-refractivity contribution in [3.8, 4) is 0 Å². The van der Waals surface area contributed by atoms with Crippen LogP contribution in [0.4, 0.5) is 0 Å². The van der Waals surface area contributed by atoms with E-state index in [1.165, 1.54) is 43.9 Å². The smallest absolute Gasteiger partial charge is 0.125 e. The zero-order valence-electron chi connectivity index (χ0n) is 9.95. The summed E-state index contributed by atoms with van der Waals surface area (Å²) in [7, 11) is -1.04. The molecule has 0 spiro atoms. The van der Waals surface area contributed by atoms with Crippen LogP contribution in [-0.4, -0.2) is 14.8 Å². The minimum absolute atomic E-state index is 1.04. The SMILES string of the molecule is CCCC[Si](CC)(CCC)NCC. The molecular formula is C11H27NSi. The third-order valence-corrected chi connectivity index (χ3v) is 8.19. The second-order valence-corrected chi connectivity index (χ2v) is 8.64. The maximum Gasteiger partial charge on any atom is 0.125 e. The summed E-state index contributed by atoms with van der Waals surface area (Å²) in [5.74, 6) is 0. The van der Waals surface area contributed by atoms with Crippen LogP contribution in [0.15, 0.2) is 0 Å². The molecule has 0 aromatic rings. The Morgan fingerprint density at radius 2 is 1.62 bits per heavy atom. The molecule has 80 valence electrons. The molecule has 0 amide bonds. The molecule has 0 saturated carbocycles. The Morgan fingerprint density at radius 3 is 2.00 bits per heavy atom. The summed E-state index contributed by atoms with van der Waals surface area (Å²) >= 11 is 0. The van der Waals surface area contributed by atoms with E-state index in [1.807, 2.05) is 0 Å². The summed E-state index contributed by atoms with van der Waals surface area (Å²) in [6.07, 6.45) is 4.13. The molecule has 1 nitrogen and oxygen atoms in total. The van der Waals surface area contributed by atoms with Crippen molar-refractivity contribution in [1.29, 1.82) is 0 Å². The van der Waals surface area contributed by atoms with Crippen molar-refractivity contribution in [3.63, 3.8) is 0 Å². The summed E-state index contributed by atoms with van der Waals surface area (Å²) < 4.78 is 0. The van der Waals surface area contributed by atoms with Crippen molar-refractivity contribution in [1.82, 2.24) is 4.98 Å². The van der Waals surface area contributed by atoms with Crippen LogP contribution in [0.3, 0.4) is 0 Å². The monoisotopic (exact) mass is 201 g/mol. The van der Waals surface area contributed by atoms with E-state index in [1.54, 1.807) is 0 Å². The minimum atomic E-state index is -1.04. The van der Waals surface area contributed by atoms with Crippen LogP contribution in [0.5, 0.6) is 0 Å². The van der Waals surface area contributed by atoms with Gasteiger partial charge in [0.15, 0.2) is 0 Å². The van der Waals surface area contributed by atoms with Gasteiger partial charge in [0.25, 0.3) is 0 Å². The number of nitrogens with one attached hydrogen (secondary N) is 1. The lowest BCUT2D eigenvalue weighted by Crippen LogP contribution is -2.49. The lowest BCUT2D eigenvalue weighted by molar-refractivity contribution is 0.806. The number of hydrogen-bond donors (Lipinski definition) is 1. The molecule has 0 radical (unpaired) electrons. The van der Waals surface area contributed by atoms with Gasteiger partial charge in [-0.15, -0.1) is 0 Å². The van der Waals surface area contributed by atoms with E-state index in [0.29, 0.717) is 0 Å². The molecule has 0 aromatic heterocycles. The Bertz CT molecular complexity index is 109. The van der Waals surface area contributed by atoms with Crippen molar-refractivity contribution in [2.45, 2.75) is 65.1 Å². The molecule has 0 heterocycles. The van der Waals surface area contributed by atoms with Crippen LogP contribution in [-0.2, 0) is 0 Å². The van der Waals surface area contributed by atoms with Gasteiger partial charge in [-0.1, -0.05) is 47.0 Å². The van der Waals surface area contributed by atoms with E-state index >= 15 is 0 Å². The van der Waals surface area contributed by atoms with Crippen molar-refractivity contribution in [3.05, 3.63) is 0 Å². The molecule has 1 atom stereocenters. The van der Waals surface area contributed by atoms with Gasteiger partial charge in [0.1, 0.15) is 8.24 Å². The van der Waals surface area contributed by atoms with Gasteiger partial charge in [0.05, 0.1) is 0 Å². The van der Waals surface area contributed by atoms with Gasteiger partial charge in [0, 0.05) is 0 Å². The lowest BCUT2D eigenvalue weighted by atomic mass is 10.4. The molecule has 0 fully saturated rings. The number of hydrogen-bond acceptors (Lipinski definition) is 1. The summed E-state index contributed by atoms with van der Waals surface area (Å²) in [6, 6.07) is 4.37. The normalized spacial score (nSPS) is 15.7. The fraction of sp³-hybridized carbons (Fsp3) is 1.00. The molecule has 0 aliphatic rings. The van der Waals surface area contributed by atoms with E-state index in [4.69, 9.17) is 0 Å². The number of unbranched alkanes of at least 4 members (excludes halogenated alkanes) is 1. The molecule has 2 heteroatoms. The molecule has 0 aliphatic heterocycles. The first-order chi connectivity index (χ1) is 6.24. The fourth-order valence-electron chi connectivity index (χ4n) is 2.15. The summed E-state index contributed by atoms with van der Waals surface area (Å²) in [5, 5.41) is 0. The predicted octanol–water partition coefficient (Wildman–Crippen LogP) is 3.77. The van der Waals surface area contributed by atoms with Crippen LogP contribution in [0.25, 0.3) is 0 Å². The first kappa shape index (κ1) is 13.2. The molecule has 0 bridgehead atoms. The zero-order valence-corrected chi connectivity index (χ0v) is 10.9. The molecule has 1 N–H and O–H groups in total. The van der Waals surface area contributed by atoms with Crippen LogP contribution < -0.4 is 4.98 Å². The van der Waals surface area contributed by atoms with E-state index in [2.05, 4.69) is 32.7 Å². The maximum absolute atomic E-state index is 3.82. The first-order valence-corrected chi connectivity index (χ1v) is 8.61. The highest BCUT2D eigenvalue weighted by Crippen LogP contribution is 2.21. The van der Waals surface area contributed by atoms with Crippen molar-refractivity contribution >= 4 is 8.24 Å². The molecule has 13 heavy (non-hydrogen) atoms. The van der Waals surface area contributed by atoms with Gasteiger partial charge in [-0.2, -0.15) is 0 Å². The molecule has 0 rings (SSSR count). The first-order valence-electron chi connectivity index (χ1n) is 5.99. The van der Waals surface area contributed by atoms with E-state index < -0.39 is 8.24 Å². The molecule has 0 aliphatic carbocycles. The fourth-order valence-corrected chi connectivity index (χ4v) is 6.45. The quantitative estimate of drug-likeness (QED) is 0.590. The second kappa shape index (κ2) is 7.57. The Morgan fingerprint density at radius 1 is 0.923 bits per heavy atom. The highest BCUT2D eigenvalue weighted by atomic mass is 28.3. The third-order valence-electron chi connectivity index (χ3n) is 2.97. The maximum atomic E-state index is 3.82. The summed E-state index contributed by atoms with van der Waals surface area (Å²) in [6.45, 7) is 10.4. The highest BCUT2D eigenvalue weighted by Gasteiger charge is 2.27. The van der Waals surface area contributed by atoms with E-state index in [-0.39, 0.29) is 0 Å². The standard InChI is InChI=1S/C11H27NSi/c1-5-9-11-13(8-4,10-6-2)12-7-3/h12H,5-11H2,1-4H3. The Labute approximate surface area is 85.4 Å². The third kappa shape index (κ3) is 4.82. The van der Waals surface area contributed by atoms with Gasteiger partial charge in [0.2, 0.25) is 0 Å². The largest absolute Gasteiger partial charge is 0.337 e. The highest BCUT2D eigenvalue weighted by molar-refractivity contribution is 6.77. The Hall–Kier alpha value is 0.177. The van der Waals surface area contributed by atoms with Crippen molar-refractivity contribution in [2.75, 3.05) is 6.54 Å². The lowest BCUT2D eigenvalue weighted by Gasteiger charge is -2.31. The topological polar surface area (TPSA) is 12.0 Å². The number of rotatable bonds is 8. The summed E-state index contributed by atoms with van der Waals surface area (Å²) in [4.78, 5) is 3.82. The van der Waals surface area contributed by atoms with Crippen molar-refractivity contribution < 1.29 is 0 Å². The molecular weight excluding hydrogens is 174 g/mol. The molecule has 0 aromatic carbocycles.